The highest BCUT2D eigenvalue weighted by Gasteiger charge is 2.39. The van der Waals surface area contributed by atoms with Crippen LogP contribution in [0.3, 0.4) is 0 Å². The molecule has 1 N–H and O–H groups in total. The van der Waals surface area contributed by atoms with Crippen molar-refractivity contribution in [3.63, 3.8) is 0 Å². The fraction of sp³-hybridized carbons (Fsp3) is 0.429. The predicted octanol–water partition coefficient (Wildman–Crippen LogP) is 3.82. The van der Waals surface area contributed by atoms with E-state index in [0.29, 0.717) is 24.2 Å². The van der Waals surface area contributed by atoms with Crippen LogP contribution in [0.4, 0.5) is 5.69 Å². The van der Waals surface area contributed by atoms with Gasteiger partial charge in [0.05, 0.1) is 6.57 Å². The number of nitrogens with one attached hydrogen (secondary N) is 1. The van der Waals surface area contributed by atoms with Gasteiger partial charge in [-0.25, -0.2) is 4.85 Å². The molecule has 2 aromatic carbocycles. The second kappa shape index (κ2) is 10.1. The zero-order valence-electron chi connectivity index (χ0n) is 20.4. The maximum absolute atomic E-state index is 13.0. The molecule has 1 saturated heterocycles. The first-order valence-electron chi connectivity index (χ1n) is 12.5. The minimum Gasteiger partial charge on any atom is -0.489 e. The standard InChI is InChI=1S/C28H30N4O4/c1-29-20-9-7-18(8-10-20)16-31(2)23-5-3-4-6-25(23)36-21-11-12-22-19(15-21)17-32(28(22)35)24-13-14-26(33)30-27(24)34/h7-12,15,23-25H,3-6,13-14,16-17H2,2H3,(H,30,33,34)/t23-,24?,25-/m0/s1. The van der Waals surface area contributed by atoms with Crippen LogP contribution in [0.25, 0.3) is 4.85 Å². The number of carbonyl (C=O) groups is 3. The van der Waals surface area contributed by atoms with Gasteiger partial charge in [-0.15, -0.1) is 0 Å². The van der Waals surface area contributed by atoms with Crippen LogP contribution in [-0.4, -0.2) is 52.8 Å². The minimum atomic E-state index is -0.618. The van der Waals surface area contributed by atoms with Gasteiger partial charge in [0.15, 0.2) is 5.69 Å². The molecule has 2 fully saturated rings. The number of benzene rings is 2. The smallest absolute Gasteiger partial charge is 0.255 e. The van der Waals surface area contributed by atoms with Gasteiger partial charge in [-0.3, -0.25) is 24.6 Å². The number of piperidine rings is 1. The monoisotopic (exact) mass is 486 g/mol. The molecule has 2 heterocycles. The van der Waals surface area contributed by atoms with E-state index in [4.69, 9.17) is 11.3 Å². The van der Waals surface area contributed by atoms with E-state index in [1.165, 1.54) is 5.56 Å². The molecule has 0 bridgehead atoms. The lowest BCUT2D eigenvalue weighted by molar-refractivity contribution is -0.136. The molecule has 3 amide bonds. The van der Waals surface area contributed by atoms with Crippen molar-refractivity contribution in [1.29, 1.82) is 0 Å². The summed E-state index contributed by atoms with van der Waals surface area (Å²) in [6, 6.07) is 12.9. The van der Waals surface area contributed by atoms with Crippen LogP contribution in [-0.2, 0) is 22.7 Å². The first kappa shape index (κ1) is 24.0. The van der Waals surface area contributed by atoms with Crippen molar-refractivity contribution >= 4 is 23.4 Å². The number of carbonyl (C=O) groups excluding carboxylic acids is 3. The molecule has 1 aliphatic carbocycles. The third-order valence-corrected chi connectivity index (χ3v) is 7.51. The van der Waals surface area contributed by atoms with E-state index < -0.39 is 11.9 Å². The van der Waals surface area contributed by atoms with Crippen molar-refractivity contribution in [2.45, 2.75) is 69.8 Å². The van der Waals surface area contributed by atoms with Crippen LogP contribution in [0.15, 0.2) is 42.5 Å². The predicted molar refractivity (Wildman–Crippen MR) is 133 cm³/mol. The SMILES string of the molecule is [C-]#[N+]c1ccc(CN(C)[C@H]2CCCC[C@@H]2Oc2ccc3c(c2)CN(C2CCC(=O)NC2=O)C3=O)cc1. The summed E-state index contributed by atoms with van der Waals surface area (Å²) in [6.07, 6.45) is 4.91. The number of likely N-dealkylation sites (N-methyl/N-ethyl adjacent to an activating group) is 1. The highest BCUT2D eigenvalue weighted by atomic mass is 16.5. The lowest BCUT2D eigenvalue weighted by atomic mass is 9.91. The number of hydrogen-bond acceptors (Lipinski definition) is 5. The number of nitrogens with zero attached hydrogens (tertiary/aromatic N) is 3. The minimum absolute atomic E-state index is 0.0349. The molecule has 0 aromatic heterocycles. The Morgan fingerprint density at radius 2 is 1.86 bits per heavy atom. The molecule has 1 saturated carbocycles. The van der Waals surface area contributed by atoms with Gasteiger partial charge in [0.1, 0.15) is 17.9 Å². The molecule has 3 atom stereocenters. The van der Waals surface area contributed by atoms with Gasteiger partial charge in [0, 0.05) is 31.1 Å². The first-order valence-corrected chi connectivity index (χ1v) is 12.5. The van der Waals surface area contributed by atoms with Gasteiger partial charge in [-0.1, -0.05) is 30.7 Å². The van der Waals surface area contributed by atoms with Crippen LogP contribution >= 0.6 is 0 Å². The maximum Gasteiger partial charge on any atom is 0.255 e. The molecule has 36 heavy (non-hydrogen) atoms. The quantitative estimate of drug-likeness (QED) is 0.496. The van der Waals surface area contributed by atoms with Crippen molar-refractivity contribution in [2.24, 2.45) is 0 Å². The number of amides is 3. The molecule has 2 aliphatic heterocycles. The van der Waals surface area contributed by atoms with E-state index in [1.54, 1.807) is 11.0 Å². The highest BCUT2D eigenvalue weighted by molar-refractivity contribution is 6.05. The zero-order chi connectivity index (χ0) is 25.2. The Morgan fingerprint density at radius 1 is 1.08 bits per heavy atom. The van der Waals surface area contributed by atoms with Gasteiger partial charge in [-0.05, 0) is 62.1 Å². The molecule has 5 rings (SSSR count). The average Bonchev–Trinajstić information content (AvgIpc) is 3.20. The van der Waals surface area contributed by atoms with Crippen LogP contribution in [0, 0.1) is 6.57 Å². The topological polar surface area (TPSA) is 83.3 Å². The second-order valence-corrected chi connectivity index (χ2v) is 9.92. The van der Waals surface area contributed by atoms with Gasteiger partial charge in [0.25, 0.3) is 5.91 Å². The lowest BCUT2D eigenvalue weighted by Gasteiger charge is -2.38. The van der Waals surface area contributed by atoms with E-state index in [1.807, 2.05) is 36.4 Å². The molecule has 1 unspecified atom stereocenters. The summed E-state index contributed by atoms with van der Waals surface area (Å²) in [6.45, 7) is 8.25. The lowest BCUT2D eigenvalue weighted by Crippen LogP contribution is -2.52. The summed E-state index contributed by atoms with van der Waals surface area (Å²) >= 11 is 0. The number of ether oxygens (including phenoxy) is 1. The average molecular weight is 487 g/mol. The molecule has 186 valence electrons. The van der Waals surface area contributed by atoms with Crippen molar-refractivity contribution in [3.05, 3.63) is 70.6 Å². The normalized spacial score (nSPS) is 23.9. The molecule has 8 nitrogen and oxygen atoms in total. The van der Waals surface area contributed by atoms with Gasteiger partial charge >= 0.3 is 0 Å². The maximum atomic E-state index is 13.0. The summed E-state index contributed by atoms with van der Waals surface area (Å²) in [4.78, 5) is 44.2. The van der Waals surface area contributed by atoms with E-state index in [-0.39, 0.29) is 30.4 Å². The Bertz CT molecular complexity index is 1220. The Kier molecular flexibility index (Phi) is 6.75. The zero-order valence-corrected chi connectivity index (χ0v) is 20.4. The van der Waals surface area contributed by atoms with Crippen molar-refractivity contribution < 1.29 is 19.1 Å². The van der Waals surface area contributed by atoms with Gasteiger partial charge in [0.2, 0.25) is 11.8 Å². The molecule has 0 radical (unpaired) electrons. The number of rotatable bonds is 6. The summed E-state index contributed by atoms with van der Waals surface area (Å²) < 4.78 is 6.50. The Balaban J connectivity index is 1.27. The van der Waals surface area contributed by atoms with Gasteiger partial charge in [-0.2, -0.15) is 0 Å². The fourth-order valence-electron chi connectivity index (χ4n) is 5.60. The van der Waals surface area contributed by atoms with Gasteiger partial charge < -0.3 is 9.64 Å². The van der Waals surface area contributed by atoms with Crippen LogP contribution in [0.2, 0.25) is 0 Å². The van der Waals surface area contributed by atoms with Crippen molar-refractivity contribution in [1.82, 2.24) is 15.1 Å². The number of hydrogen-bond donors (Lipinski definition) is 1. The summed E-state index contributed by atoms with van der Waals surface area (Å²) in [7, 11) is 2.12. The van der Waals surface area contributed by atoms with E-state index in [9.17, 15) is 14.4 Å². The molecule has 2 aromatic rings. The summed E-state index contributed by atoms with van der Waals surface area (Å²) in [5, 5.41) is 2.34. The van der Waals surface area contributed by atoms with Crippen LogP contribution in [0.5, 0.6) is 5.75 Å². The van der Waals surface area contributed by atoms with Crippen LogP contribution < -0.4 is 10.1 Å². The summed E-state index contributed by atoms with van der Waals surface area (Å²) in [5.41, 5.74) is 3.25. The molecule has 8 heteroatoms. The third kappa shape index (κ3) is 4.84. The van der Waals surface area contributed by atoms with E-state index in [2.05, 4.69) is 22.1 Å². The third-order valence-electron chi connectivity index (χ3n) is 7.51. The Hall–Kier alpha value is -3.70. The number of fused-ring (bicyclic) bond motifs is 1. The molecule has 0 spiro atoms. The first-order chi connectivity index (χ1) is 17.4. The molecule has 3 aliphatic rings. The second-order valence-electron chi connectivity index (χ2n) is 9.92. The Labute approximate surface area is 211 Å². The van der Waals surface area contributed by atoms with E-state index >= 15 is 0 Å². The molecular weight excluding hydrogens is 456 g/mol. The summed E-state index contributed by atoms with van der Waals surface area (Å²) in [5.74, 6) is -0.131. The highest BCUT2D eigenvalue weighted by Crippen LogP contribution is 2.33. The van der Waals surface area contributed by atoms with Crippen molar-refractivity contribution in [3.8, 4) is 5.75 Å². The van der Waals surface area contributed by atoms with Crippen LogP contribution in [0.1, 0.15) is 60.0 Å². The van der Waals surface area contributed by atoms with E-state index in [0.717, 1.165) is 43.5 Å². The molecular formula is C28H30N4O4. The number of imide groups is 1. The largest absolute Gasteiger partial charge is 0.489 e. The van der Waals surface area contributed by atoms with Crippen molar-refractivity contribution in [2.75, 3.05) is 7.05 Å². The fourth-order valence-corrected chi connectivity index (χ4v) is 5.60. The Morgan fingerprint density at radius 3 is 2.61 bits per heavy atom.